The van der Waals surface area contributed by atoms with Gasteiger partial charge in [-0.3, -0.25) is 0 Å². The van der Waals surface area contributed by atoms with Crippen molar-refractivity contribution in [1.82, 2.24) is 0 Å². The van der Waals surface area contributed by atoms with Crippen molar-refractivity contribution < 1.29 is 0 Å². The molecule has 6 atom stereocenters. The number of hydrogen-bond acceptors (Lipinski definition) is 0. The molecule has 3 fully saturated rings. The summed E-state index contributed by atoms with van der Waals surface area (Å²) in [6.45, 7) is 9.73. The Kier molecular flexibility index (Phi) is 3.40. The molecule has 0 heterocycles. The lowest BCUT2D eigenvalue weighted by molar-refractivity contribution is -0.0589. The minimum atomic E-state index is 0.179. The molecule has 0 N–H and O–H groups in total. The Bertz CT molecular complexity index is 556. The van der Waals surface area contributed by atoms with Crippen LogP contribution in [0.5, 0.6) is 0 Å². The molecule has 0 unspecified atom stereocenters. The first-order valence-corrected chi connectivity index (χ1v) is 9.83. The molecule has 0 aromatic rings. The van der Waals surface area contributed by atoms with Crippen LogP contribution in [0.25, 0.3) is 0 Å². The lowest BCUT2D eigenvalue weighted by Gasteiger charge is -2.59. The highest BCUT2D eigenvalue weighted by Gasteiger charge is 2.56. The van der Waals surface area contributed by atoms with Gasteiger partial charge in [-0.2, -0.15) is 0 Å². The van der Waals surface area contributed by atoms with Crippen LogP contribution >= 0.6 is 11.6 Å². The van der Waals surface area contributed by atoms with Gasteiger partial charge in [-0.05, 0) is 80.1 Å². The van der Waals surface area contributed by atoms with Crippen molar-refractivity contribution in [3.63, 3.8) is 0 Å². The predicted molar refractivity (Wildman–Crippen MR) is 94.8 cm³/mol. The average molecular weight is 319 g/mol. The highest BCUT2D eigenvalue weighted by Crippen LogP contribution is 2.66. The van der Waals surface area contributed by atoms with Gasteiger partial charge in [-0.25, -0.2) is 0 Å². The van der Waals surface area contributed by atoms with Crippen LogP contribution in [0, 0.1) is 34.5 Å². The Morgan fingerprint density at radius 3 is 2.64 bits per heavy atom. The molecule has 122 valence electrons. The summed E-state index contributed by atoms with van der Waals surface area (Å²) >= 11 is 6.73. The molecule has 0 amide bonds. The maximum atomic E-state index is 6.73. The molecule has 4 rings (SSSR count). The minimum Gasteiger partial charge on any atom is -0.0879 e. The molecule has 4 aliphatic carbocycles. The topological polar surface area (TPSA) is 0 Å². The van der Waals surface area contributed by atoms with Crippen molar-refractivity contribution in [2.45, 2.75) is 72.6 Å². The van der Waals surface area contributed by atoms with Crippen molar-refractivity contribution in [1.29, 1.82) is 0 Å². The van der Waals surface area contributed by atoms with Crippen LogP contribution < -0.4 is 0 Å². The van der Waals surface area contributed by atoms with Gasteiger partial charge in [0.25, 0.3) is 0 Å². The summed E-state index contributed by atoms with van der Waals surface area (Å²) in [7, 11) is 0. The first kappa shape index (κ1) is 15.3. The highest BCUT2D eigenvalue weighted by atomic mass is 35.5. The van der Waals surface area contributed by atoms with Crippen LogP contribution in [-0.2, 0) is 0 Å². The molecule has 0 saturated heterocycles. The van der Waals surface area contributed by atoms with Crippen molar-refractivity contribution in [3.05, 3.63) is 22.3 Å². The van der Waals surface area contributed by atoms with E-state index in [2.05, 4.69) is 33.8 Å². The standard InChI is InChI=1S/C21H31Cl/c1-13-7-9-20(3)15(11-13)5-6-16-17(20)8-10-21(4)18(16)12-14(2)19(21)22/h12-13,15-17H,5-11H2,1-4H3/t13-,15-,16+,17-,20-,21-/m0/s1. The summed E-state index contributed by atoms with van der Waals surface area (Å²) < 4.78 is 0. The minimum absolute atomic E-state index is 0.179. The molecule has 0 aliphatic heterocycles. The summed E-state index contributed by atoms with van der Waals surface area (Å²) in [4.78, 5) is 0. The number of fused-ring (bicyclic) bond motifs is 5. The van der Waals surface area contributed by atoms with Gasteiger partial charge >= 0.3 is 0 Å². The van der Waals surface area contributed by atoms with E-state index in [1.807, 2.05) is 0 Å². The van der Waals surface area contributed by atoms with E-state index in [9.17, 15) is 0 Å². The van der Waals surface area contributed by atoms with Crippen LogP contribution in [0.15, 0.2) is 22.3 Å². The van der Waals surface area contributed by atoms with Crippen LogP contribution in [0.4, 0.5) is 0 Å². The molecular formula is C21H31Cl. The normalized spacial score (nSPS) is 51.0. The maximum Gasteiger partial charge on any atom is 0.0309 e. The van der Waals surface area contributed by atoms with Crippen LogP contribution in [0.1, 0.15) is 72.6 Å². The fourth-order valence-electron chi connectivity index (χ4n) is 6.75. The van der Waals surface area contributed by atoms with Gasteiger partial charge in [0.05, 0.1) is 0 Å². The number of rotatable bonds is 0. The third kappa shape index (κ3) is 1.89. The third-order valence-electron chi connectivity index (χ3n) is 8.15. The number of hydrogen-bond donors (Lipinski definition) is 0. The summed E-state index contributed by atoms with van der Waals surface area (Å²) in [6.07, 6.45) is 12.4. The van der Waals surface area contributed by atoms with E-state index < -0.39 is 0 Å². The van der Waals surface area contributed by atoms with E-state index in [0.29, 0.717) is 5.41 Å². The third-order valence-corrected chi connectivity index (χ3v) is 8.86. The van der Waals surface area contributed by atoms with Crippen LogP contribution in [-0.4, -0.2) is 0 Å². The quantitative estimate of drug-likeness (QED) is 0.465. The summed E-state index contributed by atoms with van der Waals surface area (Å²) in [5.74, 6) is 3.65. The molecule has 0 radical (unpaired) electrons. The number of halogens is 1. The van der Waals surface area contributed by atoms with Gasteiger partial charge in [-0.1, -0.05) is 50.4 Å². The number of allylic oxidation sites excluding steroid dienone is 4. The average Bonchev–Trinajstić information content (AvgIpc) is 2.72. The van der Waals surface area contributed by atoms with Gasteiger partial charge in [0, 0.05) is 10.4 Å². The van der Waals surface area contributed by atoms with Crippen molar-refractivity contribution >= 4 is 11.6 Å². The summed E-state index contributed by atoms with van der Waals surface area (Å²) in [5.41, 5.74) is 3.81. The zero-order valence-electron chi connectivity index (χ0n) is 14.7. The van der Waals surface area contributed by atoms with Crippen LogP contribution in [0.3, 0.4) is 0 Å². The highest BCUT2D eigenvalue weighted by molar-refractivity contribution is 6.31. The smallest absolute Gasteiger partial charge is 0.0309 e. The maximum absolute atomic E-state index is 6.73. The summed E-state index contributed by atoms with van der Waals surface area (Å²) in [6, 6.07) is 0. The van der Waals surface area contributed by atoms with E-state index in [4.69, 9.17) is 11.6 Å². The fraction of sp³-hybridized carbons (Fsp3) is 0.810. The molecule has 3 saturated carbocycles. The van der Waals surface area contributed by atoms with Crippen LogP contribution in [0.2, 0.25) is 0 Å². The van der Waals surface area contributed by atoms with Gasteiger partial charge in [-0.15, -0.1) is 0 Å². The Morgan fingerprint density at radius 1 is 1.09 bits per heavy atom. The molecule has 4 aliphatic rings. The van der Waals surface area contributed by atoms with E-state index in [0.717, 1.165) is 28.7 Å². The molecule has 0 spiro atoms. The molecular weight excluding hydrogens is 288 g/mol. The molecule has 22 heavy (non-hydrogen) atoms. The SMILES string of the molecule is CC1=C(Cl)[C@@]2(C)CC[C@H]3[C@@H](CC[C@H]4C[C@@H](C)CC[C@@]43C)C2=C1. The van der Waals surface area contributed by atoms with E-state index in [-0.39, 0.29) is 5.41 Å². The second-order valence-electron chi connectivity index (χ2n) is 9.34. The van der Waals surface area contributed by atoms with Crippen molar-refractivity contribution in [2.24, 2.45) is 34.5 Å². The van der Waals surface area contributed by atoms with Crippen molar-refractivity contribution in [2.75, 3.05) is 0 Å². The lowest BCUT2D eigenvalue weighted by Crippen LogP contribution is -2.50. The van der Waals surface area contributed by atoms with Gasteiger partial charge in [0.1, 0.15) is 0 Å². The van der Waals surface area contributed by atoms with E-state index >= 15 is 0 Å². The Balaban J connectivity index is 1.68. The largest absolute Gasteiger partial charge is 0.0879 e. The molecule has 0 aromatic carbocycles. The fourth-order valence-corrected chi connectivity index (χ4v) is 7.01. The predicted octanol–water partition coefficient (Wildman–Crippen LogP) is 6.71. The second kappa shape index (κ2) is 4.88. The zero-order valence-corrected chi connectivity index (χ0v) is 15.5. The van der Waals surface area contributed by atoms with E-state index in [1.165, 1.54) is 50.5 Å². The lowest BCUT2D eigenvalue weighted by atomic mass is 9.46. The zero-order chi connectivity index (χ0) is 15.7. The Morgan fingerprint density at radius 2 is 1.86 bits per heavy atom. The summed E-state index contributed by atoms with van der Waals surface area (Å²) in [5, 5.41) is 1.14. The van der Waals surface area contributed by atoms with Gasteiger partial charge in [0.15, 0.2) is 0 Å². The van der Waals surface area contributed by atoms with Gasteiger partial charge in [0.2, 0.25) is 0 Å². The van der Waals surface area contributed by atoms with Gasteiger partial charge < -0.3 is 0 Å². The Labute approximate surface area is 141 Å². The van der Waals surface area contributed by atoms with E-state index in [1.54, 1.807) is 5.57 Å². The first-order chi connectivity index (χ1) is 10.4. The molecule has 1 heteroatoms. The molecule has 0 bridgehead atoms. The monoisotopic (exact) mass is 318 g/mol. The van der Waals surface area contributed by atoms with Crippen molar-refractivity contribution in [3.8, 4) is 0 Å². The second-order valence-corrected chi connectivity index (χ2v) is 9.72. The first-order valence-electron chi connectivity index (χ1n) is 9.45. The molecule has 0 aromatic heterocycles. The Hall–Kier alpha value is -0.230. The molecule has 0 nitrogen and oxygen atoms in total.